The summed E-state index contributed by atoms with van der Waals surface area (Å²) < 4.78 is 14.3. The van der Waals surface area contributed by atoms with Crippen LogP contribution in [0.5, 0.6) is 0 Å². The summed E-state index contributed by atoms with van der Waals surface area (Å²) in [5, 5.41) is 4.15. The number of benzene rings is 3. The van der Waals surface area contributed by atoms with E-state index in [1.165, 1.54) is 6.07 Å². The second-order valence-electron chi connectivity index (χ2n) is 11.8. The molecule has 220 valence electrons. The van der Waals surface area contributed by atoms with Crippen molar-refractivity contribution in [2.45, 2.75) is 51.1 Å². The molecule has 1 unspecified atom stereocenters. The second-order valence-corrected chi connectivity index (χ2v) is 13.0. The number of hydrogen-bond acceptors (Lipinski definition) is 3. The lowest BCUT2D eigenvalue weighted by Crippen LogP contribution is -2.48. The summed E-state index contributed by atoms with van der Waals surface area (Å²) >= 11 is 18.6. The molecule has 1 atom stereocenters. The van der Waals surface area contributed by atoms with Crippen molar-refractivity contribution < 1.29 is 14.0 Å². The Morgan fingerprint density at radius 1 is 0.905 bits per heavy atom. The lowest BCUT2D eigenvalue weighted by atomic mass is 9.71. The van der Waals surface area contributed by atoms with Crippen LogP contribution in [0.15, 0.2) is 54.6 Å². The Morgan fingerprint density at radius 2 is 1.60 bits per heavy atom. The fourth-order valence-corrected chi connectivity index (χ4v) is 7.37. The van der Waals surface area contributed by atoms with Gasteiger partial charge in [0.05, 0.1) is 21.7 Å². The summed E-state index contributed by atoms with van der Waals surface area (Å²) in [5.41, 5.74) is 3.93. The van der Waals surface area contributed by atoms with Crippen molar-refractivity contribution in [2.75, 3.05) is 26.2 Å². The maximum Gasteiger partial charge on any atom is 0.253 e. The molecular weight excluding hydrogens is 596 g/mol. The molecule has 2 saturated heterocycles. The maximum absolute atomic E-state index is 14.3. The van der Waals surface area contributed by atoms with Crippen LogP contribution in [-0.2, 0) is 13.0 Å². The van der Waals surface area contributed by atoms with Crippen LogP contribution in [0.3, 0.4) is 0 Å². The van der Waals surface area contributed by atoms with Crippen LogP contribution in [-0.4, -0.2) is 47.8 Å². The van der Waals surface area contributed by atoms with Gasteiger partial charge in [-0.2, -0.15) is 0 Å². The largest absolute Gasteiger partial charge is 0.345 e. The van der Waals surface area contributed by atoms with Gasteiger partial charge in [0, 0.05) is 35.8 Å². The number of nitrogens with one attached hydrogen (secondary N) is 1. The highest BCUT2D eigenvalue weighted by atomic mass is 35.5. The number of halogens is 4. The number of piperidine rings is 2. The molecule has 3 aromatic carbocycles. The summed E-state index contributed by atoms with van der Waals surface area (Å²) in [6, 6.07) is 15.6. The zero-order chi connectivity index (χ0) is 29.4. The molecule has 2 heterocycles. The number of aryl methyl sites for hydroxylation is 1. The first-order valence-electron chi connectivity index (χ1n) is 14.6. The topological polar surface area (TPSA) is 52.7 Å². The first-order chi connectivity index (χ1) is 20.2. The van der Waals surface area contributed by atoms with Crippen LogP contribution < -0.4 is 5.32 Å². The van der Waals surface area contributed by atoms with Crippen LogP contribution in [0.1, 0.15) is 75.6 Å². The van der Waals surface area contributed by atoms with Crippen LogP contribution >= 0.6 is 34.8 Å². The van der Waals surface area contributed by atoms with Crippen molar-refractivity contribution in [3.8, 4) is 0 Å². The number of rotatable bonds is 5. The summed E-state index contributed by atoms with van der Waals surface area (Å²) in [6.07, 6.45) is 5.62. The van der Waals surface area contributed by atoms with Gasteiger partial charge < -0.3 is 10.2 Å². The van der Waals surface area contributed by atoms with Gasteiger partial charge in [0.1, 0.15) is 5.82 Å². The van der Waals surface area contributed by atoms with Crippen LogP contribution in [0.4, 0.5) is 4.39 Å². The van der Waals surface area contributed by atoms with E-state index in [9.17, 15) is 14.0 Å². The molecule has 6 rings (SSSR count). The van der Waals surface area contributed by atoms with Gasteiger partial charge in [-0.1, -0.05) is 53.0 Å². The molecule has 0 saturated carbocycles. The van der Waals surface area contributed by atoms with Crippen LogP contribution in [0, 0.1) is 11.2 Å². The van der Waals surface area contributed by atoms with Gasteiger partial charge in [-0.05, 0) is 105 Å². The van der Waals surface area contributed by atoms with Crippen molar-refractivity contribution in [3.05, 3.63) is 103 Å². The fourth-order valence-electron chi connectivity index (χ4n) is 6.76. The quantitative estimate of drug-likeness (QED) is 0.315. The molecule has 1 aliphatic carbocycles. The lowest BCUT2D eigenvalue weighted by molar-refractivity contribution is 0.0283. The number of likely N-dealkylation sites (tertiary alicyclic amines) is 2. The standard InChI is InChI=1S/C33H33Cl3FN3O2/c34-26-4-2-6-28(37)25(26)20-39-15-11-33(12-16-39)13-17-40(18-14-33)32(42)22-8-7-21-9-10-29(24(21)19-22)38-31(41)23-3-1-5-27(35)30(23)36/h1-8,19,29H,9-18,20H2,(H,38,41). The molecule has 1 spiro atoms. The summed E-state index contributed by atoms with van der Waals surface area (Å²) in [4.78, 5) is 30.8. The average molecular weight is 629 g/mol. The van der Waals surface area contributed by atoms with E-state index in [4.69, 9.17) is 34.8 Å². The van der Waals surface area contributed by atoms with Gasteiger partial charge in [0.25, 0.3) is 11.8 Å². The normalized spacial score (nSPS) is 20.0. The van der Waals surface area contributed by atoms with Gasteiger partial charge in [-0.25, -0.2) is 4.39 Å². The van der Waals surface area contributed by atoms with Crippen LogP contribution in [0.25, 0.3) is 0 Å². The van der Waals surface area contributed by atoms with E-state index in [0.29, 0.717) is 33.3 Å². The highest BCUT2D eigenvalue weighted by Gasteiger charge is 2.39. The Balaban J connectivity index is 1.06. The smallest absolute Gasteiger partial charge is 0.253 e. The van der Waals surface area contributed by atoms with Crippen molar-refractivity contribution in [1.82, 2.24) is 15.1 Å². The van der Waals surface area contributed by atoms with E-state index in [0.717, 1.165) is 75.8 Å². The minimum Gasteiger partial charge on any atom is -0.345 e. The fraction of sp³-hybridized carbons (Fsp3) is 0.394. The minimum absolute atomic E-state index is 0.0362. The SMILES string of the molecule is O=C(NC1CCc2ccc(C(=O)N3CCC4(CCN(Cc5c(F)cccc5Cl)CC4)CC3)cc21)c1cccc(Cl)c1Cl. The third-order valence-electron chi connectivity index (χ3n) is 9.44. The van der Waals surface area contributed by atoms with Crippen molar-refractivity contribution in [1.29, 1.82) is 0 Å². The number of hydrogen-bond donors (Lipinski definition) is 1. The van der Waals surface area contributed by atoms with Crippen molar-refractivity contribution in [2.24, 2.45) is 5.41 Å². The maximum atomic E-state index is 14.3. The summed E-state index contributed by atoms with van der Waals surface area (Å²) in [7, 11) is 0. The van der Waals surface area contributed by atoms with E-state index < -0.39 is 0 Å². The molecule has 1 N–H and O–H groups in total. The molecule has 3 aliphatic rings. The number of fused-ring (bicyclic) bond motifs is 1. The zero-order valence-electron chi connectivity index (χ0n) is 23.3. The van der Waals surface area contributed by atoms with E-state index >= 15 is 0 Å². The molecule has 0 radical (unpaired) electrons. The summed E-state index contributed by atoms with van der Waals surface area (Å²) in [6.45, 7) is 3.77. The van der Waals surface area contributed by atoms with E-state index in [2.05, 4.69) is 10.2 Å². The molecule has 0 bridgehead atoms. The lowest BCUT2D eigenvalue weighted by Gasteiger charge is -2.47. The average Bonchev–Trinajstić information content (AvgIpc) is 3.39. The van der Waals surface area contributed by atoms with E-state index in [1.807, 2.05) is 23.1 Å². The molecule has 5 nitrogen and oxygen atoms in total. The molecule has 2 amide bonds. The Bertz CT molecular complexity index is 1490. The van der Waals surface area contributed by atoms with Gasteiger partial charge >= 0.3 is 0 Å². The van der Waals surface area contributed by atoms with Gasteiger partial charge in [-0.3, -0.25) is 14.5 Å². The Hall–Kier alpha value is -2.64. The molecule has 9 heteroatoms. The number of carbonyl (C=O) groups excluding carboxylic acids is 2. The molecule has 42 heavy (non-hydrogen) atoms. The second kappa shape index (κ2) is 12.2. The van der Waals surface area contributed by atoms with Crippen LogP contribution in [0.2, 0.25) is 15.1 Å². The van der Waals surface area contributed by atoms with Gasteiger partial charge in [0.15, 0.2) is 0 Å². The molecule has 3 aromatic rings. The molecule has 0 aromatic heterocycles. The highest BCUT2D eigenvalue weighted by molar-refractivity contribution is 6.43. The first kappa shape index (κ1) is 29.4. The van der Waals surface area contributed by atoms with Gasteiger partial charge in [-0.15, -0.1) is 0 Å². The number of nitrogens with zero attached hydrogens (tertiary/aromatic N) is 2. The Labute approximate surface area is 260 Å². The Kier molecular flexibility index (Phi) is 8.52. The van der Waals surface area contributed by atoms with Crippen molar-refractivity contribution in [3.63, 3.8) is 0 Å². The Morgan fingerprint density at radius 3 is 2.33 bits per heavy atom. The van der Waals surface area contributed by atoms with E-state index in [-0.39, 0.29) is 34.1 Å². The predicted octanol–water partition coefficient (Wildman–Crippen LogP) is 7.72. The molecule has 2 aliphatic heterocycles. The number of amides is 2. The molecule has 2 fully saturated rings. The third kappa shape index (κ3) is 5.92. The van der Waals surface area contributed by atoms with Crippen molar-refractivity contribution >= 4 is 46.6 Å². The third-order valence-corrected chi connectivity index (χ3v) is 10.6. The highest BCUT2D eigenvalue weighted by Crippen LogP contribution is 2.42. The van der Waals surface area contributed by atoms with E-state index in [1.54, 1.807) is 30.3 Å². The first-order valence-corrected chi connectivity index (χ1v) is 15.7. The minimum atomic E-state index is -0.276. The monoisotopic (exact) mass is 627 g/mol. The number of carbonyl (C=O) groups is 2. The van der Waals surface area contributed by atoms with Gasteiger partial charge in [0.2, 0.25) is 0 Å². The predicted molar refractivity (Wildman–Crippen MR) is 165 cm³/mol. The summed E-state index contributed by atoms with van der Waals surface area (Å²) in [5.74, 6) is -0.490. The zero-order valence-corrected chi connectivity index (χ0v) is 25.5. The molecular formula is C33H33Cl3FN3O2.